The number of hydrogen-bond donors (Lipinski definition) is 2. The molecule has 1 aromatic carbocycles. The van der Waals surface area contributed by atoms with E-state index in [4.69, 9.17) is 4.74 Å². The Morgan fingerprint density at radius 3 is 2.76 bits per heavy atom. The third kappa shape index (κ3) is 5.10. The third-order valence-corrected chi connectivity index (χ3v) is 6.67. The number of anilines is 2. The first-order valence-corrected chi connectivity index (χ1v) is 11.3. The van der Waals surface area contributed by atoms with E-state index in [9.17, 15) is 18.8 Å². The van der Waals surface area contributed by atoms with Gasteiger partial charge in [-0.05, 0) is 30.7 Å². The number of morpholine rings is 1. The van der Waals surface area contributed by atoms with Crippen molar-refractivity contribution in [1.82, 2.24) is 14.5 Å². The van der Waals surface area contributed by atoms with Crippen LogP contribution in [-0.4, -0.2) is 59.1 Å². The zero-order valence-electron chi connectivity index (χ0n) is 18.3. The molecule has 9 nitrogen and oxygen atoms in total. The van der Waals surface area contributed by atoms with Gasteiger partial charge < -0.3 is 19.9 Å². The van der Waals surface area contributed by atoms with Crippen molar-refractivity contribution < 1.29 is 18.7 Å². The normalized spacial score (nSPS) is 14.4. The lowest BCUT2D eigenvalue weighted by atomic mass is 10.2. The molecular formula is C22H24FN5O4S. The average Bonchev–Trinajstić information content (AvgIpc) is 3.15. The van der Waals surface area contributed by atoms with Crippen molar-refractivity contribution in [2.75, 3.05) is 43.5 Å². The Morgan fingerprint density at radius 1 is 1.24 bits per heavy atom. The number of aromatic nitrogens is 2. The summed E-state index contributed by atoms with van der Waals surface area (Å²) in [6.07, 6.45) is 1.63. The Hall–Kier alpha value is -3.15. The summed E-state index contributed by atoms with van der Waals surface area (Å²) in [4.78, 5) is 44.7. The van der Waals surface area contributed by atoms with Crippen LogP contribution in [-0.2, 0) is 16.6 Å². The lowest BCUT2D eigenvalue weighted by molar-refractivity contribution is -0.116. The molecule has 0 atom stereocenters. The molecule has 3 aromatic rings. The van der Waals surface area contributed by atoms with Gasteiger partial charge in [-0.2, -0.15) is 0 Å². The fraction of sp³-hybridized carbons (Fsp3) is 0.364. The highest BCUT2D eigenvalue weighted by molar-refractivity contribution is 7.20. The number of nitrogens with one attached hydrogen (secondary N) is 2. The summed E-state index contributed by atoms with van der Waals surface area (Å²) in [5.74, 6) is -1.35. The second kappa shape index (κ2) is 9.77. The lowest BCUT2D eigenvalue weighted by Crippen LogP contribution is -2.38. The van der Waals surface area contributed by atoms with E-state index >= 15 is 0 Å². The minimum atomic E-state index is -0.599. The van der Waals surface area contributed by atoms with Crippen molar-refractivity contribution in [2.24, 2.45) is 7.05 Å². The maximum Gasteiger partial charge on any atom is 0.266 e. The van der Waals surface area contributed by atoms with E-state index < -0.39 is 11.7 Å². The largest absolute Gasteiger partial charge is 0.379 e. The number of fused-ring (bicyclic) bond motifs is 1. The van der Waals surface area contributed by atoms with Crippen LogP contribution in [0.4, 0.5) is 15.8 Å². The van der Waals surface area contributed by atoms with Gasteiger partial charge in [0.15, 0.2) is 0 Å². The van der Waals surface area contributed by atoms with Crippen molar-refractivity contribution in [3.8, 4) is 0 Å². The summed E-state index contributed by atoms with van der Waals surface area (Å²) in [7, 11) is 1.60. The van der Waals surface area contributed by atoms with Crippen LogP contribution in [0.1, 0.15) is 21.7 Å². The summed E-state index contributed by atoms with van der Waals surface area (Å²) in [6, 6.07) is 3.97. The zero-order valence-corrected chi connectivity index (χ0v) is 19.1. The Labute approximate surface area is 193 Å². The van der Waals surface area contributed by atoms with Crippen molar-refractivity contribution in [1.29, 1.82) is 0 Å². The predicted octanol–water partition coefficient (Wildman–Crippen LogP) is 2.36. The predicted molar refractivity (Wildman–Crippen MR) is 124 cm³/mol. The topological polar surface area (TPSA) is 106 Å². The molecule has 0 radical (unpaired) electrons. The van der Waals surface area contributed by atoms with E-state index in [0.717, 1.165) is 24.4 Å². The summed E-state index contributed by atoms with van der Waals surface area (Å²) < 4.78 is 20.9. The molecule has 1 fully saturated rings. The Balaban J connectivity index is 1.45. The van der Waals surface area contributed by atoms with Gasteiger partial charge in [-0.25, -0.2) is 9.37 Å². The van der Waals surface area contributed by atoms with Gasteiger partial charge in [0.1, 0.15) is 10.6 Å². The molecule has 3 heterocycles. The van der Waals surface area contributed by atoms with Gasteiger partial charge in [0.05, 0.1) is 35.5 Å². The third-order valence-electron chi connectivity index (χ3n) is 5.47. The number of carbonyl (C=O) groups excluding carboxylic acids is 2. The highest BCUT2D eigenvalue weighted by atomic mass is 32.1. The minimum Gasteiger partial charge on any atom is -0.379 e. The van der Waals surface area contributed by atoms with E-state index in [0.29, 0.717) is 46.1 Å². The Morgan fingerprint density at radius 2 is 2.00 bits per heavy atom. The molecule has 1 aliphatic rings. The number of ether oxygens (including phenoxy) is 1. The molecule has 1 aliphatic heterocycles. The molecule has 2 amide bonds. The smallest absolute Gasteiger partial charge is 0.266 e. The molecule has 174 valence electrons. The van der Waals surface area contributed by atoms with Gasteiger partial charge in [0.2, 0.25) is 5.91 Å². The van der Waals surface area contributed by atoms with Crippen LogP contribution in [0.5, 0.6) is 0 Å². The highest BCUT2D eigenvalue weighted by Crippen LogP contribution is 2.28. The summed E-state index contributed by atoms with van der Waals surface area (Å²) in [5.41, 5.74) is 0.627. The van der Waals surface area contributed by atoms with Crippen LogP contribution >= 0.6 is 11.3 Å². The Kier molecular flexibility index (Phi) is 6.82. The van der Waals surface area contributed by atoms with Gasteiger partial charge >= 0.3 is 0 Å². The molecule has 0 aliphatic carbocycles. The van der Waals surface area contributed by atoms with Gasteiger partial charge in [-0.15, -0.1) is 11.3 Å². The second-order valence-electron chi connectivity index (χ2n) is 7.80. The van der Waals surface area contributed by atoms with E-state index in [1.54, 1.807) is 14.0 Å². The summed E-state index contributed by atoms with van der Waals surface area (Å²) in [5, 5.41) is 5.69. The average molecular weight is 474 g/mol. The SMILES string of the molecule is Cc1c(C(=O)Nc2ccc(F)c(NC(=O)CCN3CCOCC3)c2)sc2ncn(C)c(=O)c12. The van der Waals surface area contributed by atoms with Crippen LogP contribution in [0.3, 0.4) is 0 Å². The van der Waals surface area contributed by atoms with Gasteiger partial charge in [0, 0.05) is 38.8 Å². The number of rotatable bonds is 6. The summed E-state index contributed by atoms with van der Waals surface area (Å²) in [6.45, 7) is 5.07. The number of benzene rings is 1. The van der Waals surface area contributed by atoms with E-state index in [-0.39, 0.29) is 23.6 Å². The lowest BCUT2D eigenvalue weighted by Gasteiger charge is -2.26. The molecule has 2 N–H and O–H groups in total. The fourth-order valence-electron chi connectivity index (χ4n) is 3.61. The van der Waals surface area contributed by atoms with Crippen LogP contribution < -0.4 is 16.2 Å². The first-order chi connectivity index (χ1) is 15.8. The summed E-state index contributed by atoms with van der Waals surface area (Å²) >= 11 is 1.12. The zero-order chi connectivity index (χ0) is 23.5. The molecule has 1 saturated heterocycles. The number of hydrogen-bond acceptors (Lipinski definition) is 7. The number of amides is 2. The van der Waals surface area contributed by atoms with Crippen LogP contribution in [0.15, 0.2) is 29.3 Å². The molecule has 2 aromatic heterocycles. The number of halogens is 1. The van der Waals surface area contributed by atoms with Crippen molar-refractivity contribution in [2.45, 2.75) is 13.3 Å². The van der Waals surface area contributed by atoms with Crippen LogP contribution in [0, 0.1) is 12.7 Å². The monoisotopic (exact) mass is 473 g/mol. The standard InChI is InChI=1S/C22H24FN5O4S/c1-13-18-21(24-12-27(2)22(18)31)33-19(13)20(30)25-14-3-4-15(23)16(11-14)26-17(29)5-6-28-7-9-32-10-8-28/h3-4,11-12H,5-10H2,1-2H3,(H,25,30)(H,26,29). The van der Waals surface area contributed by atoms with E-state index in [1.807, 2.05) is 0 Å². The molecule has 0 saturated carbocycles. The van der Waals surface area contributed by atoms with Gasteiger partial charge in [0.25, 0.3) is 11.5 Å². The van der Waals surface area contributed by atoms with Crippen LogP contribution in [0.2, 0.25) is 0 Å². The fourth-order valence-corrected chi connectivity index (χ4v) is 4.64. The first kappa shape index (κ1) is 23.0. The first-order valence-electron chi connectivity index (χ1n) is 10.5. The minimum absolute atomic E-state index is 0.0108. The molecule has 0 bridgehead atoms. The number of nitrogens with zero attached hydrogens (tertiary/aromatic N) is 3. The second-order valence-corrected chi connectivity index (χ2v) is 8.80. The van der Waals surface area contributed by atoms with Crippen LogP contribution in [0.25, 0.3) is 10.2 Å². The van der Waals surface area contributed by atoms with Crippen molar-refractivity contribution >= 4 is 44.7 Å². The Bertz CT molecular complexity index is 1270. The van der Waals surface area contributed by atoms with Crippen molar-refractivity contribution in [3.05, 3.63) is 51.1 Å². The maximum absolute atomic E-state index is 14.3. The number of carbonyl (C=O) groups is 2. The molecular weight excluding hydrogens is 449 g/mol. The highest BCUT2D eigenvalue weighted by Gasteiger charge is 2.20. The molecule has 33 heavy (non-hydrogen) atoms. The van der Waals surface area contributed by atoms with Crippen molar-refractivity contribution in [3.63, 3.8) is 0 Å². The van der Waals surface area contributed by atoms with E-state index in [2.05, 4.69) is 20.5 Å². The molecule has 11 heteroatoms. The van der Waals surface area contributed by atoms with Gasteiger partial charge in [-0.1, -0.05) is 0 Å². The molecule has 0 unspecified atom stereocenters. The van der Waals surface area contributed by atoms with Gasteiger partial charge in [-0.3, -0.25) is 19.3 Å². The molecule has 0 spiro atoms. The quantitative estimate of drug-likeness (QED) is 0.570. The van der Waals surface area contributed by atoms with E-state index in [1.165, 1.54) is 29.1 Å². The maximum atomic E-state index is 14.3. The number of aryl methyl sites for hydroxylation is 2. The molecule has 4 rings (SSSR count). The number of thiophene rings is 1.